The molecule has 0 saturated carbocycles. The quantitative estimate of drug-likeness (QED) is 0.135. The summed E-state index contributed by atoms with van der Waals surface area (Å²) in [6.45, 7) is 24.7. The van der Waals surface area contributed by atoms with Crippen LogP contribution in [0.5, 0.6) is 11.5 Å². The van der Waals surface area contributed by atoms with E-state index >= 15 is 0 Å². The minimum atomic E-state index is -3.37. The molecule has 0 aromatic heterocycles. The van der Waals surface area contributed by atoms with Gasteiger partial charge in [0.2, 0.25) is 9.84 Å². The second-order valence-corrected chi connectivity index (χ2v) is 22.5. The maximum Gasteiger partial charge on any atom is 0.206 e. The monoisotopic (exact) mass is 1080 g/mol. The summed E-state index contributed by atoms with van der Waals surface area (Å²) >= 11 is 0. The average molecular weight is 1080 g/mol. The lowest BCUT2D eigenvalue weighted by Gasteiger charge is -2.05. The third-order valence-corrected chi connectivity index (χ3v) is 14.7. The number of ether oxygens (including phenoxy) is 1. The van der Waals surface area contributed by atoms with Gasteiger partial charge in [0.25, 0.3) is 0 Å². The normalized spacial score (nSPS) is 10.2. The van der Waals surface area contributed by atoms with Gasteiger partial charge in [0, 0.05) is 11.1 Å². The van der Waals surface area contributed by atoms with E-state index in [9.17, 15) is 13.2 Å². The standard InChI is InChI=1S/C15H14O.C15H16.C14H14O2S.C14H14O.C9H12.C8H10/c1-11-3-7-13(8-4-11)15(16)14-9-5-12(2)6-10-14;1-12-3-7-14(8-4-12)11-15-9-5-13(2)6-10-15;1-11-3-7-13(8-4-11)17(15,16)14-9-5-12(2)6-10-14;1-11-3-7-13(8-4-11)15-14-9-5-12(2)6-10-14;1-3-9-6-4-8(2)5-7-9;1-7-3-5-8(2)6-4-7/h3-10H,1-2H3;3-10H,11H2,1-2H3;3-10H,1-2H3;3-10H,1-2H3;4-7H,3H2,1-2H3;3-6H,1-2H3. The Labute approximate surface area is 479 Å². The van der Waals surface area contributed by atoms with Gasteiger partial charge in [0.1, 0.15) is 11.5 Å². The summed E-state index contributed by atoms with van der Waals surface area (Å²) in [5.74, 6) is 1.84. The van der Waals surface area contributed by atoms with Crippen LogP contribution in [0.25, 0.3) is 0 Å². The zero-order valence-corrected chi connectivity index (χ0v) is 49.9. The topological polar surface area (TPSA) is 60.4 Å². The van der Waals surface area contributed by atoms with E-state index < -0.39 is 9.84 Å². The molecule has 0 aliphatic rings. The van der Waals surface area contributed by atoms with Crippen LogP contribution in [-0.2, 0) is 22.7 Å². The fraction of sp³-hybridized carbons (Fsp3) is 0.187. The second-order valence-electron chi connectivity index (χ2n) is 20.6. The highest BCUT2D eigenvalue weighted by Gasteiger charge is 2.16. The Bertz CT molecular complexity index is 3190. The van der Waals surface area contributed by atoms with Crippen LogP contribution in [0.4, 0.5) is 0 Å². The van der Waals surface area contributed by atoms with Gasteiger partial charge >= 0.3 is 0 Å². The number of benzene rings is 10. The van der Waals surface area contributed by atoms with Crippen molar-refractivity contribution in [2.24, 2.45) is 0 Å². The predicted octanol–water partition coefficient (Wildman–Crippen LogP) is 19.5. The molecular formula is C75H80O4S. The first-order chi connectivity index (χ1) is 38.3. The highest BCUT2D eigenvalue weighted by atomic mass is 32.2. The van der Waals surface area contributed by atoms with Crippen molar-refractivity contribution in [3.8, 4) is 11.5 Å². The molecule has 0 unspecified atom stereocenters. The van der Waals surface area contributed by atoms with Gasteiger partial charge in [-0.1, -0.05) is 262 Å². The number of aryl methyl sites for hydroxylation is 12. The van der Waals surface area contributed by atoms with Gasteiger partial charge in [-0.2, -0.15) is 0 Å². The van der Waals surface area contributed by atoms with E-state index in [4.69, 9.17) is 4.74 Å². The number of hydrogen-bond donors (Lipinski definition) is 0. The molecule has 0 N–H and O–H groups in total. The largest absolute Gasteiger partial charge is 0.457 e. The Balaban J connectivity index is 0.000000179. The molecular weight excluding hydrogens is 997 g/mol. The Morgan fingerprint density at radius 3 is 0.738 bits per heavy atom. The molecule has 0 fully saturated rings. The summed E-state index contributed by atoms with van der Waals surface area (Å²) in [5, 5.41) is 0. The summed E-state index contributed by atoms with van der Waals surface area (Å²) in [6.07, 6.45) is 2.17. The second kappa shape index (κ2) is 31.9. The highest BCUT2D eigenvalue weighted by Crippen LogP contribution is 2.23. The van der Waals surface area contributed by atoms with Gasteiger partial charge in [-0.15, -0.1) is 0 Å². The summed E-state index contributed by atoms with van der Waals surface area (Å²) < 4.78 is 30.2. The Morgan fingerprint density at radius 1 is 0.287 bits per heavy atom. The number of sulfone groups is 1. The minimum Gasteiger partial charge on any atom is -0.457 e. The third-order valence-electron chi connectivity index (χ3n) is 13.0. The zero-order valence-electron chi connectivity index (χ0n) is 49.0. The van der Waals surface area contributed by atoms with Gasteiger partial charge in [-0.3, -0.25) is 4.79 Å². The molecule has 0 spiro atoms. The molecule has 0 heterocycles. The lowest BCUT2D eigenvalue weighted by Crippen LogP contribution is -2.01. The Kier molecular flexibility index (Phi) is 24.9. The minimum absolute atomic E-state index is 0.0833. The Morgan fingerprint density at radius 2 is 0.487 bits per heavy atom. The van der Waals surface area contributed by atoms with E-state index in [1.54, 1.807) is 48.5 Å². The van der Waals surface area contributed by atoms with Crippen LogP contribution < -0.4 is 4.74 Å². The fourth-order valence-electron chi connectivity index (χ4n) is 7.60. The van der Waals surface area contributed by atoms with Crippen LogP contribution in [0.15, 0.2) is 252 Å². The molecule has 0 aliphatic heterocycles. The molecule has 5 heteroatoms. The van der Waals surface area contributed by atoms with Crippen LogP contribution in [0, 0.1) is 76.2 Å². The van der Waals surface area contributed by atoms with Crippen LogP contribution in [-0.4, -0.2) is 14.2 Å². The van der Waals surface area contributed by atoms with Crippen LogP contribution >= 0.6 is 0 Å². The molecule has 10 rings (SSSR count). The summed E-state index contributed by atoms with van der Waals surface area (Å²) in [5.41, 5.74) is 19.2. The number of hydrogen-bond acceptors (Lipinski definition) is 4. The van der Waals surface area contributed by atoms with E-state index in [2.05, 4.69) is 152 Å². The molecule has 10 aromatic rings. The summed E-state index contributed by atoms with van der Waals surface area (Å²) in [4.78, 5) is 12.7. The summed E-state index contributed by atoms with van der Waals surface area (Å²) in [6, 6.07) is 79.9. The average Bonchev–Trinajstić information content (AvgIpc) is 3.46. The van der Waals surface area contributed by atoms with Crippen molar-refractivity contribution in [3.05, 3.63) is 332 Å². The van der Waals surface area contributed by atoms with Crippen molar-refractivity contribution in [2.45, 2.75) is 106 Å². The summed E-state index contributed by atoms with van der Waals surface area (Å²) in [7, 11) is -3.37. The lowest BCUT2D eigenvalue weighted by molar-refractivity contribution is 0.103. The molecule has 0 saturated heterocycles. The molecule has 0 radical (unpaired) electrons. The van der Waals surface area contributed by atoms with Crippen molar-refractivity contribution in [3.63, 3.8) is 0 Å². The molecule has 0 aliphatic carbocycles. The van der Waals surface area contributed by atoms with Crippen LogP contribution in [0.2, 0.25) is 0 Å². The van der Waals surface area contributed by atoms with E-state index in [-0.39, 0.29) is 5.78 Å². The molecule has 0 atom stereocenters. The predicted molar refractivity (Wildman–Crippen MR) is 338 cm³/mol. The van der Waals surface area contributed by atoms with Gasteiger partial charge in [0.15, 0.2) is 5.78 Å². The van der Waals surface area contributed by atoms with E-state index in [0.717, 1.165) is 46.6 Å². The van der Waals surface area contributed by atoms with Gasteiger partial charge < -0.3 is 4.74 Å². The number of carbonyl (C=O) groups excluding carboxylic acids is 1. The molecule has 4 nitrogen and oxygen atoms in total. The SMILES string of the molecule is CCc1ccc(C)cc1.Cc1ccc(C(=O)c2ccc(C)cc2)cc1.Cc1ccc(C)cc1.Cc1ccc(Cc2ccc(C)cc2)cc1.Cc1ccc(Oc2ccc(C)cc2)cc1.Cc1ccc(S(=O)(=O)c2ccc(C)cc2)cc1. The number of rotatable bonds is 9. The number of carbonyl (C=O) groups is 1. The van der Waals surface area contributed by atoms with Gasteiger partial charge in [0.05, 0.1) is 9.79 Å². The molecule has 0 amide bonds. The number of ketones is 1. The highest BCUT2D eigenvalue weighted by molar-refractivity contribution is 7.91. The third kappa shape index (κ3) is 22.2. The molecule has 80 heavy (non-hydrogen) atoms. The lowest BCUT2D eigenvalue weighted by atomic mass is 10.0. The van der Waals surface area contributed by atoms with Crippen molar-refractivity contribution in [1.29, 1.82) is 0 Å². The first kappa shape index (κ1) is 62.5. The van der Waals surface area contributed by atoms with Crippen molar-refractivity contribution in [2.75, 3.05) is 0 Å². The van der Waals surface area contributed by atoms with Crippen LogP contribution in [0.1, 0.15) is 101 Å². The van der Waals surface area contributed by atoms with E-state index in [0.29, 0.717) is 9.79 Å². The Hall–Kier alpha value is -8.38. The van der Waals surface area contributed by atoms with E-state index in [1.807, 2.05) is 125 Å². The molecule has 10 aromatic carbocycles. The smallest absolute Gasteiger partial charge is 0.206 e. The fourth-order valence-corrected chi connectivity index (χ4v) is 8.87. The first-order valence-electron chi connectivity index (χ1n) is 27.3. The van der Waals surface area contributed by atoms with Crippen molar-refractivity contribution >= 4 is 15.6 Å². The van der Waals surface area contributed by atoms with Crippen molar-refractivity contribution < 1.29 is 17.9 Å². The zero-order chi connectivity index (χ0) is 58.0. The molecule has 0 bridgehead atoms. The first-order valence-corrected chi connectivity index (χ1v) is 28.8. The molecule has 410 valence electrons. The van der Waals surface area contributed by atoms with Gasteiger partial charge in [-0.05, 0) is 154 Å². The van der Waals surface area contributed by atoms with Gasteiger partial charge in [-0.25, -0.2) is 8.42 Å². The maximum atomic E-state index is 12.3. The van der Waals surface area contributed by atoms with E-state index in [1.165, 1.54) is 66.8 Å². The maximum absolute atomic E-state index is 12.3. The van der Waals surface area contributed by atoms with Crippen molar-refractivity contribution in [1.82, 2.24) is 0 Å². The van der Waals surface area contributed by atoms with Crippen LogP contribution in [0.3, 0.4) is 0 Å².